The molecule has 0 amide bonds. The molecular formula is C73H142O17P2. The van der Waals surface area contributed by atoms with Crippen molar-refractivity contribution >= 4 is 39.5 Å². The van der Waals surface area contributed by atoms with Gasteiger partial charge in [0.15, 0.2) is 12.2 Å². The molecule has 0 aromatic rings. The first-order chi connectivity index (χ1) is 44.6. The van der Waals surface area contributed by atoms with Gasteiger partial charge in [0.2, 0.25) is 0 Å². The van der Waals surface area contributed by atoms with Crippen LogP contribution in [0.2, 0.25) is 0 Å². The lowest BCUT2D eigenvalue weighted by Gasteiger charge is -2.21. The molecule has 17 nitrogen and oxygen atoms in total. The Hall–Kier alpha value is -1.94. The topological polar surface area (TPSA) is 237 Å². The second kappa shape index (κ2) is 66.3. The predicted molar refractivity (Wildman–Crippen MR) is 372 cm³/mol. The summed E-state index contributed by atoms with van der Waals surface area (Å²) >= 11 is 0. The van der Waals surface area contributed by atoms with E-state index in [0.717, 1.165) is 95.8 Å². The van der Waals surface area contributed by atoms with E-state index in [0.29, 0.717) is 25.7 Å². The van der Waals surface area contributed by atoms with Gasteiger partial charge in [-0.1, -0.05) is 330 Å². The normalized spacial score (nSPS) is 14.3. The van der Waals surface area contributed by atoms with Gasteiger partial charge in [-0.2, -0.15) is 0 Å². The monoisotopic (exact) mass is 1350 g/mol. The van der Waals surface area contributed by atoms with Gasteiger partial charge in [0.1, 0.15) is 19.3 Å². The minimum Gasteiger partial charge on any atom is -0.462 e. The Morgan fingerprint density at radius 2 is 0.522 bits per heavy atom. The van der Waals surface area contributed by atoms with Gasteiger partial charge in [-0.3, -0.25) is 37.3 Å². The number of aliphatic hydroxyl groups excluding tert-OH is 1. The highest BCUT2D eigenvalue weighted by molar-refractivity contribution is 7.47. The second-order valence-corrected chi connectivity index (χ2v) is 29.5. The molecule has 0 aliphatic carbocycles. The summed E-state index contributed by atoms with van der Waals surface area (Å²) in [6.45, 7) is 7.28. The van der Waals surface area contributed by atoms with Crippen molar-refractivity contribution in [2.24, 2.45) is 5.92 Å². The average Bonchev–Trinajstić information content (AvgIpc) is 2.20. The number of rotatable bonds is 73. The molecule has 0 aromatic heterocycles. The maximum absolute atomic E-state index is 13.1. The van der Waals surface area contributed by atoms with Crippen molar-refractivity contribution in [1.29, 1.82) is 0 Å². The van der Waals surface area contributed by atoms with Crippen LogP contribution in [0.15, 0.2) is 0 Å². The van der Waals surface area contributed by atoms with E-state index in [4.69, 9.17) is 37.0 Å². The Morgan fingerprint density at radius 1 is 0.304 bits per heavy atom. The molecule has 0 rings (SSSR count). The minimum absolute atomic E-state index is 0.108. The quantitative estimate of drug-likeness (QED) is 0.0222. The Balaban J connectivity index is 5.25. The van der Waals surface area contributed by atoms with Crippen LogP contribution in [-0.4, -0.2) is 96.7 Å². The highest BCUT2D eigenvalue weighted by atomic mass is 31.2. The number of aliphatic hydroxyl groups is 1. The Morgan fingerprint density at radius 3 is 0.772 bits per heavy atom. The van der Waals surface area contributed by atoms with Gasteiger partial charge in [0, 0.05) is 25.7 Å². The van der Waals surface area contributed by atoms with Gasteiger partial charge in [-0.05, 0) is 31.6 Å². The van der Waals surface area contributed by atoms with Crippen molar-refractivity contribution in [3.05, 3.63) is 0 Å². The maximum atomic E-state index is 13.1. The van der Waals surface area contributed by atoms with Gasteiger partial charge in [0.05, 0.1) is 26.4 Å². The van der Waals surface area contributed by atoms with Crippen molar-refractivity contribution in [3.63, 3.8) is 0 Å². The number of esters is 4. The number of carbonyl (C=O) groups is 4. The molecule has 0 radical (unpaired) electrons. The highest BCUT2D eigenvalue weighted by Crippen LogP contribution is 2.45. The van der Waals surface area contributed by atoms with E-state index >= 15 is 0 Å². The first kappa shape index (κ1) is 90.1. The molecule has 546 valence electrons. The molecule has 0 saturated carbocycles. The fourth-order valence-electron chi connectivity index (χ4n) is 11.1. The third kappa shape index (κ3) is 65.4. The van der Waals surface area contributed by atoms with E-state index in [1.807, 2.05) is 0 Å². The van der Waals surface area contributed by atoms with Crippen molar-refractivity contribution in [2.75, 3.05) is 39.6 Å². The Kier molecular flexibility index (Phi) is 64.9. The number of phosphoric ester groups is 2. The second-order valence-electron chi connectivity index (χ2n) is 26.6. The van der Waals surface area contributed by atoms with Crippen LogP contribution in [0.1, 0.15) is 381 Å². The molecule has 0 fully saturated rings. The molecule has 0 spiro atoms. The minimum atomic E-state index is -4.95. The lowest BCUT2D eigenvalue weighted by atomic mass is 9.99. The molecule has 0 bridgehead atoms. The van der Waals surface area contributed by atoms with E-state index in [1.165, 1.54) is 205 Å². The predicted octanol–water partition coefficient (Wildman–Crippen LogP) is 21.3. The van der Waals surface area contributed by atoms with E-state index in [9.17, 15) is 43.2 Å². The number of unbranched alkanes of at least 4 members (excludes halogenated alkanes) is 44. The fraction of sp³-hybridized carbons (Fsp3) is 0.945. The van der Waals surface area contributed by atoms with Crippen LogP contribution in [0.3, 0.4) is 0 Å². The number of ether oxygens (including phenoxy) is 4. The molecule has 3 N–H and O–H groups in total. The van der Waals surface area contributed by atoms with Crippen LogP contribution in [0.25, 0.3) is 0 Å². The highest BCUT2D eigenvalue weighted by Gasteiger charge is 2.30. The zero-order chi connectivity index (χ0) is 67.7. The summed E-state index contributed by atoms with van der Waals surface area (Å²) < 4.78 is 68.4. The average molecular weight is 1350 g/mol. The summed E-state index contributed by atoms with van der Waals surface area (Å²) in [4.78, 5) is 72.7. The zero-order valence-corrected chi connectivity index (χ0v) is 61.5. The van der Waals surface area contributed by atoms with Crippen LogP contribution in [0.4, 0.5) is 0 Å². The van der Waals surface area contributed by atoms with E-state index in [2.05, 4.69) is 34.6 Å². The Bertz CT molecular complexity index is 1770. The molecule has 3 unspecified atom stereocenters. The summed E-state index contributed by atoms with van der Waals surface area (Å²) in [6, 6.07) is 0. The molecule has 6 atom stereocenters. The number of carbonyl (C=O) groups excluding carboxylic acids is 4. The van der Waals surface area contributed by atoms with E-state index in [-0.39, 0.29) is 25.7 Å². The molecule has 92 heavy (non-hydrogen) atoms. The third-order valence-electron chi connectivity index (χ3n) is 17.4. The molecule has 0 saturated heterocycles. The summed E-state index contributed by atoms with van der Waals surface area (Å²) in [7, 11) is -9.90. The third-order valence-corrected chi connectivity index (χ3v) is 19.3. The summed E-state index contributed by atoms with van der Waals surface area (Å²) in [5, 5.41) is 10.6. The SMILES string of the molecule is CCCCCCCCCCCCCCCCCCC(=O)O[C@H](COC(=O)CCCCCCCCCCC(C)CC)COP(=O)(O)OC[C@@H](O)COP(=O)(O)OC[C@@H](COC(=O)CCCCCCCCCCCCCC)OC(=O)CCCCCCCCCCCCCC. The lowest BCUT2D eigenvalue weighted by molar-refractivity contribution is -0.161. The largest absolute Gasteiger partial charge is 0.472 e. The van der Waals surface area contributed by atoms with Crippen molar-refractivity contribution < 1.29 is 80.2 Å². The molecule has 0 heterocycles. The van der Waals surface area contributed by atoms with Crippen LogP contribution in [0, 0.1) is 5.92 Å². The molecule has 0 aliphatic heterocycles. The maximum Gasteiger partial charge on any atom is 0.472 e. The van der Waals surface area contributed by atoms with Crippen LogP contribution >= 0.6 is 15.6 Å². The number of hydrogen-bond acceptors (Lipinski definition) is 15. The first-order valence-corrected chi connectivity index (χ1v) is 41.2. The Labute approximate surface area is 562 Å². The zero-order valence-electron chi connectivity index (χ0n) is 59.7. The van der Waals surface area contributed by atoms with Crippen molar-refractivity contribution in [2.45, 2.75) is 400 Å². The first-order valence-electron chi connectivity index (χ1n) is 38.2. The van der Waals surface area contributed by atoms with Crippen molar-refractivity contribution in [1.82, 2.24) is 0 Å². The smallest absolute Gasteiger partial charge is 0.462 e. The molecule has 19 heteroatoms. The molecule has 0 aliphatic rings. The summed E-state index contributed by atoms with van der Waals surface area (Å²) in [5.41, 5.74) is 0. The van der Waals surface area contributed by atoms with Gasteiger partial charge in [-0.25, -0.2) is 9.13 Å². The summed E-state index contributed by atoms with van der Waals surface area (Å²) in [5.74, 6) is -1.34. The lowest BCUT2D eigenvalue weighted by Crippen LogP contribution is -2.30. The fourth-order valence-corrected chi connectivity index (χ4v) is 12.7. The van der Waals surface area contributed by atoms with Crippen LogP contribution in [-0.2, 0) is 65.4 Å². The van der Waals surface area contributed by atoms with Gasteiger partial charge < -0.3 is 33.8 Å². The van der Waals surface area contributed by atoms with E-state index in [1.54, 1.807) is 0 Å². The summed E-state index contributed by atoms with van der Waals surface area (Å²) in [6.07, 6.45) is 53.8. The van der Waals surface area contributed by atoms with Crippen LogP contribution in [0.5, 0.6) is 0 Å². The van der Waals surface area contributed by atoms with E-state index < -0.39 is 97.5 Å². The number of hydrogen-bond donors (Lipinski definition) is 3. The standard InChI is InChI=1S/C73H142O17P2/c1-6-10-13-16-19-22-25-28-29-30-31-34-37-44-49-54-59-73(78)90-69(63-84-71(76)57-52-47-42-39-38-40-45-50-55-66(5)9-4)65-88-92(81,82)86-61-67(74)60-85-91(79,80)87-64-68(89-72(77)58-53-48-43-36-33-27-24-21-18-15-12-8-3)62-83-70(75)56-51-46-41-35-32-26-23-20-17-14-11-7-2/h66-69,74H,6-65H2,1-5H3,(H,79,80)(H,81,82)/t66?,67-,68+,69+/m0/s1. The van der Waals surface area contributed by atoms with Gasteiger partial charge in [-0.15, -0.1) is 0 Å². The number of phosphoric acid groups is 2. The van der Waals surface area contributed by atoms with Gasteiger partial charge in [0.25, 0.3) is 0 Å². The molecular weight excluding hydrogens is 1210 g/mol. The van der Waals surface area contributed by atoms with Crippen molar-refractivity contribution in [3.8, 4) is 0 Å². The van der Waals surface area contributed by atoms with Gasteiger partial charge >= 0.3 is 39.5 Å². The van der Waals surface area contributed by atoms with Crippen LogP contribution < -0.4 is 0 Å². The molecule has 0 aromatic carbocycles.